The predicted molar refractivity (Wildman–Crippen MR) is 92.5 cm³/mol. The third kappa shape index (κ3) is 3.44. The molecule has 2 heterocycles. The van der Waals surface area contributed by atoms with Crippen molar-refractivity contribution < 1.29 is 9.53 Å². The van der Waals surface area contributed by atoms with Crippen molar-refractivity contribution in [3.05, 3.63) is 35.4 Å². The zero-order valence-electron chi connectivity index (χ0n) is 14.2. The summed E-state index contributed by atoms with van der Waals surface area (Å²) >= 11 is 0. The van der Waals surface area contributed by atoms with E-state index in [1.165, 1.54) is 18.9 Å². The molecule has 2 unspecified atom stereocenters. The van der Waals surface area contributed by atoms with Crippen LogP contribution in [0.25, 0.3) is 6.08 Å². The Morgan fingerprint density at radius 1 is 1.38 bits per heavy atom. The molecule has 24 heavy (non-hydrogen) atoms. The molecule has 3 rings (SSSR count). The molecule has 126 valence electrons. The van der Waals surface area contributed by atoms with E-state index in [1.807, 2.05) is 0 Å². The molecule has 1 amide bonds. The second-order valence-electron chi connectivity index (χ2n) is 6.63. The van der Waals surface area contributed by atoms with E-state index in [-0.39, 0.29) is 11.9 Å². The molecule has 5 heteroatoms. The average Bonchev–Trinajstić information content (AvgIpc) is 2.81. The number of methoxy groups -OCH3 is 1. The van der Waals surface area contributed by atoms with Gasteiger partial charge in [-0.05, 0) is 62.6 Å². The Labute approximate surface area is 142 Å². The van der Waals surface area contributed by atoms with Gasteiger partial charge in [0.25, 0.3) is 0 Å². The minimum Gasteiger partial charge on any atom is -0.497 e. The van der Waals surface area contributed by atoms with Crippen molar-refractivity contribution in [2.75, 3.05) is 14.2 Å². The molecule has 2 aliphatic rings. The van der Waals surface area contributed by atoms with E-state index >= 15 is 0 Å². The lowest BCUT2D eigenvalue weighted by Crippen LogP contribution is -2.48. The minimum atomic E-state index is -0.0938. The lowest BCUT2D eigenvalue weighted by molar-refractivity contribution is -0.117. The van der Waals surface area contributed by atoms with E-state index in [1.54, 1.807) is 31.4 Å². The third-order valence-electron chi connectivity index (χ3n) is 5.24. The molecule has 0 aromatic heterocycles. The number of hydrogen-bond acceptors (Lipinski definition) is 4. The van der Waals surface area contributed by atoms with Gasteiger partial charge in [-0.1, -0.05) is 0 Å². The fourth-order valence-corrected chi connectivity index (χ4v) is 3.85. The molecule has 1 aromatic rings. The van der Waals surface area contributed by atoms with Crippen LogP contribution < -0.4 is 10.1 Å². The standard InChI is InChI=1S/C19H23N3O2/c1-22-16-5-6-17(22)11-15(10-16)21-19(23)8-4-13-3-7-18(24-2)9-14(13)12-20/h3-4,7-9,15-17H,5-6,10-11H2,1-2H3,(H,21,23)/b8-4+. The van der Waals surface area contributed by atoms with Crippen LogP contribution in [0.4, 0.5) is 0 Å². The quantitative estimate of drug-likeness (QED) is 0.863. The largest absolute Gasteiger partial charge is 0.497 e. The lowest BCUT2D eigenvalue weighted by Gasteiger charge is -2.36. The van der Waals surface area contributed by atoms with Gasteiger partial charge >= 0.3 is 0 Å². The summed E-state index contributed by atoms with van der Waals surface area (Å²) in [4.78, 5) is 14.7. The first-order valence-corrected chi connectivity index (χ1v) is 8.39. The first kappa shape index (κ1) is 16.5. The van der Waals surface area contributed by atoms with Crippen LogP contribution >= 0.6 is 0 Å². The van der Waals surface area contributed by atoms with Gasteiger partial charge < -0.3 is 15.0 Å². The maximum atomic E-state index is 12.2. The lowest BCUT2D eigenvalue weighted by atomic mass is 9.98. The summed E-state index contributed by atoms with van der Waals surface area (Å²) in [5.74, 6) is 0.540. The van der Waals surface area contributed by atoms with Crippen LogP contribution in [-0.4, -0.2) is 43.1 Å². The molecule has 0 spiro atoms. The van der Waals surface area contributed by atoms with Crippen LogP contribution in [0.3, 0.4) is 0 Å². The summed E-state index contributed by atoms with van der Waals surface area (Å²) in [6.07, 6.45) is 7.73. The smallest absolute Gasteiger partial charge is 0.244 e. The second-order valence-corrected chi connectivity index (χ2v) is 6.63. The summed E-state index contributed by atoms with van der Waals surface area (Å²) in [6, 6.07) is 8.83. The van der Waals surface area contributed by atoms with Gasteiger partial charge in [-0.2, -0.15) is 5.26 Å². The fraction of sp³-hybridized carbons (Fsp3) is 0.474. The summed E-state index contributed by atoms with van der Waals surface area (Å²) in [5, 5.41) is 12.3. The molecule has 1 aromatic carbocycles. The van der Waals surface area contributed by atoms with Gasteiger partial charge in [-0.3, -0.25) is 4.79 Å². The zero-order valence-corrected chi connectivity index (χ0v) is 14.2. The SMILES string of the molecule is COc1ccc(/C=C/C(=O)NC2CC3CCC(C2)N3C)c(C#N)c1. The van der Waals surface area contributed by atoms with Gasteiger partial charge in [0.1, 0.15) is 5.75 Å². The van der Waals surface area contributed by atoms with E-state index in [0.717, 1.165) is 18.4 Å². The van der Waals surface area contributed by atoms with Crippen molar-refractivity contribution in [3.8, 4) is 11.8 Å². The Bertz CT molecular complexity index is 678. The van der Waals surface area contributed by atoms with E-state index in [9.17, 15) is 10.1 Å². The van der Waals surface area contributed by atoms with Crippen molar-refractivity contribution in [2.24, 2.45) is 0 Å². The summed E-state index contributed by atoms with van der Waals surface area (Å²) in [5.41, 5.74) is 1.22. The van der Waals surface area contributed by atoms with Gasteiger partial charge in [0.15, 0.2) is 0 Å². The fourth-order valence-electron chi connectivity index (χ4n) is 3.85. The number of carbonyl (C=O) groups excluding carboxylic acids is 1. The Morgan fingerprint density at radius 3 is 2.71 bits per heavy atom. The molecular weight excluding hydrogens is 302 g/mol. The molecular formula is C19H23N3O2. The highest BCUT2D eigenvalue weighted by atomic mass is 16.5. The van der Waals surface area contributed by atoms with Crippen LogP contribution in [0.5, 0.6) is 5.75 Å². The number of nitrogens with zero attached hydrogens (tertiary/aromatic N) is 2. The van der Waals surface area contributed by atoms with Crippen molar-refractivity contribution in [2.45, 2.75) is 43.8 Å². The first-order chi connectivity index (χ1) is 11.6. The van der Waals surface area contributed by atoms with Gasteiger partial charge in [0.05, 0.1) is 18.7 Å². The Kier molecular flexibility index (Phi) is 4.86. The van der Waals surface area contributed by atoms with Gasteiger partial charge in [-0.15, -0.1) is 0 Å². The molecule has 2 saturated heterocycles. The second kappa shape index (κ2) is 7.06. The summed E-state index contributed by atoms with van der Waals surface area (Å²) < 4.78 is 5.11. The van der Waals surface area contributed by atoms with Gasteiger partial charge in [0, 0.05) is 24.2 Å². The van der Waals surface area contributed by atoms with Gasteiger partial charge in [0.2, 0.25) is 5.91 Å². The number of carbonyl (C=O) groups is 1. The van der Waals surface area contributed by atoms with Crippen molar-refractivity contribution in [1.82, 2.24) is 10.2 Å². The van der Waals surface area contributed by atoms with E-state index < -0.39 is 0 Å². The molecule has 0 saturated carbocycles. The number of ether oxygens (including phenoxy) is 1. The van der Waals surface area contributed by atoms with Crippen LogP contribution in [0, 0.1) is 11.3 Å². The zero-order chi connectivity index (χ0) is 17.1. The van der Waals surface area contributed by atoms with Crippen LogP contribution in [0.1, 0.15) is 36.8 Å². The monoisotopic (exact) mass is 325 g/mol. The molecule has 5 nitrogen and oxygen atoms in total. The highest BCUT2D eigenvalue weighted by Gasteiger charge is 2.38. The molecule has 2 aliphatic heterocycles. The number of nitriles is 1. The Morgan fingerprint density at radius 2 is 2.08 bits per heavy atom. The average molecular weight is 325 g/mol. The van der Waals surface area contributed by atoms with Crippen LogP contribution in [-0.2, 0) is 4.79 Å². The van der Waals surface area contributed by atoms with Crippen molar-refractivity contribution >= 4 is 12.0 Å². The highest BCUT2D eigenvalue weighted by Crippen LogP contribution is 2.34. The molecule has 1 N–H and O–H groups in total. The molecule has 2 bridgehead atoms. The van der Waals surface area contributed by atoms with Crippen molar-refractivity contribution in [3.63, 3.8) is 0 Å². The summed E-state index contributed by atoms with van der Waals surface area (Å²) in [7, 11) is 3.75. The molecule has 2 fully saturated rings. The third-order valence-corrected chi connectivity index (χ3v) is 5.24. The van der Waals surface area contributed by atoms with Gasteiger partial charge in [-0.25, -0.2) is 0 Å². The first-order valence-electron chi connectivity index (χ1n) is 8.39. The Hall–Kier alpha value is -2.32. The minimum absolute atomic E-state index is 0.0938. The maximum Gasteiger partial charge on any atom is 0.244 e. The normalized spacial score (nSPS) is 26.3. The van der Waals surface area contributed by atoms with Crippen molar-refractivity contribution in [1.29, 1.82) is 5.26 Å². The topological polar surface area (TPSA) is 65.4 Å². The molecule has 2 atom stereocenters. The number of fused-ring (bicyclic) bond motifs is 2. The number of hydrogen-bond donors (Lipinski definition) is 1. The van der Waals surface area contributed by atoms with E-state index in [0.29, 0.717) is 23.4 Å². The van der Waals surface area contributed by atoms with E-state index in [2.05, 4.69) is 23.3 Å². The maximum absolute atomic E-state index is 12.2. The number of benzene rings is 1. The van der Waals surface area contributed by atoms with Crippen LogP contribution in [0.2, 0.25) is 0 Å². The Balaban J connectivity index is 1.61. The number of rotatable bonds is 4. The number of piperidine rings is 1. The summed E-state index contributed by atoms with van der Waals surface area (Å²) in [6.45, 7) is 0. The number of nitrogens with one attached hydrogen (secondary N) is 1. The number of amides is 1. The molecule has 0 aliphatic carbocycles. The highest BCUT2D eigenvalue weighted by molar-refractivity contribution is 5.92. The predicted octanol–water partition coefficient (Wildman–Crippen LogP) is 2.32. The van der Waals surface area contributed by atoms with Crippen LogP contribution in [0.15, 0.2) is 24.3 Å². The van der Waals surface area contributed by atoms with E-state index in [4.69, 9.17) is 4.74 Å². The molecule has 0 radical (unpaired) electrons.